The molecule has 0 aliphatic heterocycles. The second-order valence-corrected chi connectivity index (χ2v) is 3.42. The number of nitrogen functional groups attached to an aromatic ring is 1. The maximum absolute atomic E-state index is 9.41. The van der Waals surface area contributed by atoms with Crippen molar-refractivity contribution in [2.75, 3.05) is 5.73 Å². The Balaban J connectivity index is 2.37. The number of fused-ring (bicyclic) bond motifs is 1. The Kier molecular flexibility index (Phi) is 1.77. The fraction of sp³-hybridized carbons (Fsp3) is 0.400. The first kappa shape index (κ1) is 7.62. The lowest BCUT2D eigenvalue weighted by Gasteiger charge is -2.20. The number of benzene rings is 1. The first-order valence-electron chi connectivity index (χ1n) is 4.31. The number of aliphatic hydroxyl groups is 1. The Morgan fingerprint density at radius 3 is 3.00 bits per heavy atom. The molecule has 0 aromatic heterocycles. The molecule has 12 heavy (non-hydrogen) atoms. The van der Waals surface area contributed by atoms with Gasteiger partial charge in [-0.3, -0.25) is 0 Å². The molecule has 0 heterocycles. The van der Waals surface area contributed by atoms with Crippen molar-refractivity contribution in [3.63, 3.8) is 0 Å². The van der Waals surface area contributed by atoms with Gasteiger partial charge in [0.2, 0.25) is 0 Å². The van der Waals surface area contributed by atoms with E-state index < -0.39 is 0 Å². The molecule has 0 saturated heterocycles. The number of aryl methyl sites for hydroxylation is 1. The Morgan fingerprint density at radius 2 is 2.17 bits per heavy atom. The molecule has 0 spiro atoms. The Bertz CT molecular complexity index is 296. The molecule has 1 aliphatic rings. The van der Waals surface area contributed by atoms with Gasteiger partial charge in [0.05, 0.1) is 6.10 Å². The molecule has 64 valence electrons. The summed E-state index contributed by atoms with van der Waals surface area (Å²) in [4.78, 5) is 0. The van der Waals surface area contributed by atoms with Gasteiger partial charge >= 0.3 is 0 Å². The molecule has 0 bridgehead atoms. The first-order valence-corrected chi connectivity index (χ1v) is 4.31. The number of hydrogen-bond donors (Lipinski definition) is 2. The lowest BCUT2D eigenvalue weighted by molar-refractivity contribution is 0.158. The molecule has 2 nitrogen and oxygen atoms in total. The van der Waals surface area contributed by atoms with Crippen LogP contribution in [0.4, 0.5) is 5.69 Å². The number of rotatable bonds is 0. The van der Waals surface area contributed by atoms with Gasteiger partial charge in [-0.2, -0.15) is 0 Å². The molecule has 1 aromatic carbocycles. The third kappa shape index (κ3) is 1.30. The molecule has 2 rings (SSSR count). The van der Waals surface area contributed by atoms with E-state index in [9.17, 15) is 5.11 Å². The van der Waals surface area contributed by atoms with Crippen LogP contribution in [0, 0.1) is 0 Å². The van der Waals surface area contributed by atoms with E-state index in [2.05, 4.69) is 6.07 Å². The third-order valence-electron chi connectivity index (χ3n) is 2.43. The first-order chi connectivity index (χ1) is 5.75. The van der Waals surface area contributed by atoms with Crippen molar-refractivity contribution in [1.29, 1.82) is 0 Å². The van der Waals surface area contributed by atoms with E-state index in [4.69, 9.17) is 5.73 Å². The predicted octanol–water partition coefficient (Wildman–Crippen LogP) is 1.12. The van der Waals surface area contributed by atoms with E-state index in [0.29, 0.717) is 0 Å². The molecular weight excluding hydrogens is 150 g/mol. The number of hydrogen-bond acceptors (Lipinski definition) is 2. The van der Waals surface area contributed by atoms with Crippen LogP contribution < -0.4 is 5.73 Å². The zero-order chi connectivity index (χ0) is 8.55. The topological polar surface area (TPSA) is 46.2 Å². The van der Waals surface area contributed by atoms with Crippen LogP contribution in [0.3, 0.4) is 0 Å². The van der Waals surface area contributed by atoms with E-state index in [0.717, 1.165) is 24.9 Å². The van der Waals surface area contributed by atoms with Crippen molar-refractivity contribution in [3.05, 3.63) is 29.3 Å². The number of aliphatic hydroxyl groups excluding tert-OH is 1. The summed E-state index contributed by atoms with van der Waals surface area (Å²) < 4.78 is 0. The van der Waals surface area contributed by atoms with Gasteiger partial charge in [-0.25, -0.2) is 0 Å². The van der Waals surface area contributed by atoms with Gasteiger partial charge in [0, 0.05) is 5.69 Å². The Morgan fingerprint density at radius 1 is 1.33 bits per heavy atom. The third-order valence-corrected chi connectivity index (χ3v) is 2.43. The van der Waals surface area contributed by atoms with Gasteiger partial charge in [0.25, 0.3) is 0 Å². The highest BCUT2D eigenvalue weighted by molar-refractivity contribution is 5.45. The summed E-state index contributed by atoms with van der Waals surface area (Å²) in [7, 11) is 0. The van der Waals surface area contributed by atoms with Gasteiger partial charge in [0.15, 0.2) is 0 Å². The number of anilines is 1. The summed E-state index contributed by atoms with van der Waals surface area (Å²) in [6.45, 7) is 0. The highest BCUT2D eigenvalue weighted by atomic mass is 16.3. The van der Waals surface area contributed by atoms with E-state index >= 15 is 0 Å². The monoisotopic (exact) mass is 163 g/mol. The van der Waals surface area contributed by atoms with Crippen molar-refractivity contribution in [1.82, 2.24) is 0 Å². The molecule has 1 aliphatic carbocycles. The molecule has 1 atom stereocenters. The van der Waals surface area contributed by atoms with Crippen LogP contribution in [-0.4, -0.2) is 11.2 Å². The van der Waals surface area contributed by atoms with Gasteiger partial charge in [-0.1, -0.05) is 6.07 Å². The maximum atomic E-state index is 9.41. The summed E-state index contributed by atoms with van der Waals surface area (Å²) >= 11 is 0. The van der Waals surface area contributed by atoms with Gasteiger partial charge < -0.3 is 10.8 Å². The SMILES string of the molecule is Nc1ccc2c(c1)CC(O)CC2. The Hall–Kier alpha value is -1.02. The number of nitrogens with two attached hydrogens (primary N) is 1. The molecule has 0 amide bonds. The Labute approximate surface area is 72.0 Å². The average Bonchev–Trinajstić information content (AvgIpc) is 2.03. The summed E-state index contributed by atoms with van der Waals surface area (Å²) in [5.74, 6) is 0. The lowest BCUT2D eigenvalue weighted by atomic mass is 9.90. The second-order valence-electron chi connectivity index (χ2n) is 3.42. The standard InChI is InChI=1S/C10H13NO/c11-9-3-1-7-2-4-10(12)6-8(7)5-9/h1,3,5,10,12H,2,4,6,11H2. The van der Waals surface area contributed by atoms with Crippen LogP contribution in [0.2, 0.25) is 0 Å². The summed E-state index contributed by atoms with van der Waals surface area (Å²) in [5, 5.41) is 9.41. The maximum Gasteiger partial charge on any atom is 0.0583 e. The summed E-state index contributed by atoms with van der Waals surface area (Å²) in [6.07, 6.45) is 2.47. The molecular formula is C10H13NO. The van der Waals surface area contributed by atoms with Gasteiger partial charge in [-0.05, 0) is 42.5 Å². The highest BCUT2D eigenvalue weighted by Crippen LogP contribution is 2.23. The van der Waals surface area contributed by atoms with Crippen molar-refractivity contribution in [3.8, 4) is 0 Å². The van der Waals surface area contributed by atoms with Crippen LogP contribution in [0.5, 0.6) is 0 Å². The fourth-order valence-corrected chi connectivity index (χ4v) is 1.76. The van der Waals surface area contributed by atoms with Gasteiger partial charge in [0.1, 0.15) is 0 Å². The normalized spacial score (nSPS) is 21.9. The average molecular weight is 163 g/mol. The minimum Gasteiger partial charge on any atom is -0.399 e. The molecule has 0 saturated carbocycles. The van der Waals surface area contributed by atoms with E-state index in [1.54, 1.807) is 0 Å². The zero-order valence-corrected chi connectivity index (χ0v) is 6.96. The quantitative estimate of drug-likeness (QED) is 0.563. The zero-order valence-electron chi connectivity index (χ0n) is 6.96. The van der Waals surface area contributed by atoms with Crippen molar-refractivity contribution < 1.29 is 5.11 Å². The van der Waals surface area contributed by atoms with Crippen LogP contribution in [0.1, 0.15) is 17.5 Å². The molecule has 3 N–H and O–H groups in total. The minimum absolute atomic E-state index is 0.167. The second kappa shape index (κ2) is 2.79. The largest absolute Gasteiger partial charge is 0.399 e. The highest BCUT2D eigenvalue weighted by Gasteiger charge is 2.15. The summed E-state index contributed by atoms with van der Waals surface area (Å²) in [5.41, 5.74) is 9.00. The van der Waals surface area contributed by atoms with Crippen molar-refractivity contribution in [2.24, 2.45) is 0 Å². The van der Waals surface area contributed by atoms with Crippen LogP contribution >= 0.6 is 0 Å². The van der Waals surface area contributed by atoms with Crippen LogP contribution in [0.25, 0.3) is 0 Å². The molecule has 1 aromatic rings. The van der Waals surface area contributed by atoms with E-state index in [-0.39, 0.29) is 6.10 Å². The van der Waals surface area contributed by atoms with Gasteiger partial charge in [-0.15, -0.1) is 0 Å². The molecule has 2 heteroatoms. The molecule has 0 radical (unpaired) electrons. The van der Waals surface area contributed by atoms with E-state index in [1.165, 1.54) is 11.1 Å². The fourth-order valence-electron chi connectivity index (χ4n) is 1.76. The smallest absolute Gasteiger partial charge is 0.0583 e. The van der Waals surface area contributed by atoms with Crippen LogP contribution in [-0.2, 0) is 12.8 Å². The van der Waals surface area contributed by atoms with Crippen molar-refractivity contribution >= 4 is 5.69 Å². The van der Waals surface area contributed by atoms with E-state index in [1.807, 2.05) is 12.1 Å². The molecule has 0 fully saturated rings. The molecule has 1 unspecified atom stereocenters. The summed E-state index contributed by atoms with van der Waals surface area (Å²) in [6, 6.07) is 5.96. The lowest BCUT2D eigenvalue weighted by Crippen LogP contribution is -2.18. The van der Waals surface area contributed by atoms with Crippen LogP contribution in [0.15, 0.2) is 18.2 Å². The predicted molar refractivity (Wildman–Crippen MR) is 48.9 cm³/mol. The van der Waals surface area contributed by atoms with Crippen molar-refractivity contribution in [2.45, 2.75) is 25.4 Å². The minimum atomic E-state index is -0.167.